The van der Waals surface area contributed by atoms with Gasteiger partial charge in [-0.3, -0.25) is 4.40 Å². The molecule has 0 atom stereocenters. The summed E-state index contributed by atoms with van der Waals surface area (Å²) in [5, 5.41) is 13.9. The van der Waals surface area contributed by atoms with E-state index in [0.29, 0.717) is 17.8 Å². The Labute approximate surface area is 159 Å². The second-order valence-electron chi connectivity index (χ2n) is 6.45. The van der Waals surface area contributed by atoms with Crippen LogP contribution in [0.5, 0.6) is 0 Å². The van der Waals surface area contributed by atoms with E-state index in [1.54, 1.807) is 24.8 Å². The number of carboxylic acid groups (broad SMARTS) is 1. The fourth-order valence-corrected chi connectivity index (χ4v) is 3.46. The lowest BCUT2D eigenvalue weighted by molar-refractivity contribution is 0.0698. The first kappa shape index (κ1) is 16.2. The number of aromatic carboxylic acids is 1. The van der Waals surface area contributed by atoms with Gasteiger partial charge in [-0.2, -0.15) is 0 Å². The van der Waals surface area contributed by atoms with E-state index < -0.39 is 5.97 Å². The molecule has 4 aromatic heterocycles. The summed E-state index contributed by atoms with van der Waals surface area (Å²) in [4.78, 5) is 25.0. The van der Waals surface area contributed by atoms with E-state index in [1.807, 2.05) is 45.5 Å². The molecule has 1 aromatic carbocycles. The molecule has 4 heterocycles. The van der Waals surface area contributed by atoms with Crippen LogP contribution in [0.1, 0.15) is 10.4 Å². The molecule has 0 spiro atoms. The maximum Gasteiger partial charge on any atom is 0.339 e. The summed E-state index contributed by atoms with van der Waals surface area (Å²) >= 11 is 0. The topological polar surface area (TPSA) is 97.3 Å². The molecule has 0 fully saturated rings. The van der Waals surface area contributed by atoms with Crippen LogP contribution in [-0.4, -0.2) is 41.5 Å². The number of rotatable bonds is 5. The molecule has 0 bridgehead atoms. The van der Waals surface area contributed by atoms with Crippen molar-refractivity contribution in [3.63, 3.8) is 0 Å². The summed E-state index contributed by atoms with van der Waals surface area (Å²) in [6.45, 7) is 1.41. The van der Waals surface area contributed by atoms with Gasteiger partial charge in [0, 0.05) is 42.8 Å². The molecule has 0 aliphatic heterocycles. The number of benzene rings is 1. The van der Waals surface area contributed by atoms with Crippen molar-refractivity contribution in [2.45, 2.75) is 6.54 Å². The summed E-state index contributed by atoms with van der Waals surface area (Å²) in [6.07, 6.45) is 7.12. The average molecular weight is 372 g/mol. The summed E-state index contributed by atoms with van der Waals surface area (Å²) < 4.78 is 3.79. The minimum Gasteiger partial charge on any atom is -0.478 e. The molecule has 2 N–H and O–H groups in total. The van der Waals surface area contributed by atoms with Crippen molar-refractivity contribution in [3.05, 3.63) is 66.9 Å². The molecule has 0 saturated carbocycles. The van der Waals surface area contributed by atoms with Gasteiger partial charge in [0.05, 0.1) is 17.4 Å². The fourth-order valence-electron chi connectivity index (χ4n) is 3.46. The number of imidazole rings is 2. The Bertz CT molecular complexity index is 1320. The number of carboxylic acids is 1. The van der Waals surface area contributed by atoms with Crippen molar-refractivity contribution in [1.82, 2.24) is 23.9 Å². The molecule has 0 amide bonds. The normalized spacial score (nSPS) is 11.4. The van der Waals surface area contributed by atoms with Crippen LogP contribution in [0.2, 0.25) is 0 Å². The molecule has 0 saturated heterocycles. The first-order valence-electron chi connectivity index (χ1n) is 8.84. The Kier molecular flexibility index (Phi) is 3.68. The lowest BCUT2D eigenvalue weighted by atomic mass is 10.1. The number of nitrogens with zero attached hydrogens (tertiary/aromatic N) is 5. The molecular weight excluding hydrogens is 356 g/mol. The van der Waals surface area contributed by atoms with Gasteiger partial charge in [0.2, 0.25) is 0 Å². The maximum absolute atomic E-state index is 11.9. The molecule has 0 unspecified atom stereocenters. The minimum atomic E-state index is -1.02. The minimum absolute atomic E-state index is 0.148. The van der Waals surface area contributed by atoms with E-state index >= 15 is 0 Å². The highest BCUT2D eigenvalue weighted by molar-refractivity contribution is 6.04. The number of para-hydroxylation sites is 2. The van der Waals surface area contributed by atoms with Gasteiger partial charge in [-0.15, -0.1) is 0 Å². The van der Waals surface area contributed by atoms with Crippen molar-refractivity contribution < 1.29 is 9.90 Å². The van der Waals surface area contributed by atoms with Gasteiger partial charge in [0.1, 0.15) is 11.2 Å². The zero-order valence-corrected chi connectivity index (χ0v) is 14.8. The quantitative estimate of drug-likeness (QED) is 0.492. The molecule has 0 aliphatic carbocycles. The third-order valence-corrected chi connectivity index (χ3v) is 4.75. The molecule has 0 radical (unpaired) electrons. The predicted molar refractivity (Wildman–Crippen MR) is 106 cm³/mol. The Hall–Kier alpha value is -3.94. The van der Waals surface area contributed by atoms with Gasteiger partial charge in [-0.25, -0.2) is 19.7 Å². The van der Waals surface area contributed by atoms with Gasteiger partial charge in [0.25, 0.3) is 0 Å². The monoisotopic (exact) mass is 372 g/mol. The van der Waals surface area contributed by atoms with E-state index in [9.17, 15) is 9.90 Å². The Balaban J connectivity index is 1.69. The molecule has 5 rings (SSSR count). The number of carbonyl (C=O) groups is 1. The highest BCUT2D eigenvalue weighted by Gasteiger charge is 2.18. The van der Waals surface area contributed by atoms with E-state index in [-0.39, 0.29) is 5.56 Å². The second kappa shape index (κ2) is 6.34. The van der Waals surface area contributed by atoms with E-state index in [0.717, 1.165) is 28.7 Å². The number of fused-ring (bicyclic) bond motifs is 5. The number of hydrogen-bond donors (Lipinski definition) is 2. The predicted octanol–water partition coefficient (Wildman–Crippen LogP) is 3.04. The van der Waals surface area contributed by atoms with Gasteiger partial charge in [-0.1, -0.05) is 12.1 Å². The summed E-state index contributed by atoms with van der Waals surface area (Å²) in [5.74, 6) is -1.02. The summed E-state index contributed by atoms with van der Waals surface area (Å²) in [7, 11) is 0. The number of anilines is 1. The highest BCUT2D eigenvalue weighted by Crippen LogP contribution is 2.29. The Morgan fingerprint density at radius 1 is 1.14 bits per heavy atom. The molecule has 28 heavy (non-hydrogen) atoms. The van der Waals surface area contributed by atoms with Crippen LogP contribution in [0.25, 0.3) is 27.7 Å². The summed E-state index contributed by atoms with van der Waals surface area (Å²) in [5.41, 5.74) is 3.60. The Morgan fingerprint density at radius 2 is 2.04 bits per heavy atom. The molecule has 138 valence electrons. The molecular formula is C20H16N6O2. The van der Waals surface area contributed by atoms with Crippen molar-refractivity contribution in [2.75, 3.05) is 11.9 Å². The standard InChI is InChI=1S/C20H16N6O2/c27-20(28)14-11-13-15(22-8-10-25-9-7-21-12-25)5-6-23-18(13)26-17-4-2-1-3-16(17)24-19(14)26/h1-7,9,11-12H,8,10H2,(H,22,23)(H,27,28). The van der Waals surface area contributed by atoms with Gasteiger partial charge < -0.3 is 15.0 Å². The lowest BCUT2D eigenvalue weighted by Crippen LogP contribution is -2.10. The third-order valence-electron chi connectivity index (χ3n) is 4.75. The zero-order valence-electron chi connectivity index (χ0n) is 14.8. The number of nitrogens with one attached hydrogen (secondary N) is 1. The van der Waals surface area contributed by atoms with Crippen molar-refractivity contribution in [3.8, 4) is 0 Å². The smallest absolute Gasteiger partial charge is 0.339 e. The van der Waals surface area contributed by atoms with Crippen LogP contribution >= 0.6 is 0 Å². The molecule has 0 aliphatic rings. The largest absolute Gasteiger partial charge is 0.478 e. The van der Waals surface area contributed by atoms with Crippen LogP contribution in [0.4, 0.5) is 5.69 Å². The van der Waals surface area contributed by atoms with E-state index in [2.05, 4.69) is 20.3 Å². The Morgan fingerprint density at radius 3 is 2.86 bits per heavy atom. The van der Waals surface area contributed by atoms with E-state index in [1.165, 1.54) is 0 Å². The molecule has 8 nitrogen and oxygen atoms in total. The van der Waals surface area contributed by atoms with Crippen LogP contribution in [0, 0.1) is 0 Å². The van der Waals surface area contributed by atoms with Gasteiger partial charge >= 0.3 is 5.97 Å². The van der Waals surface area contributed by atoms with Crippen LogP contribution in [-0.2, 0) is 6.54 Å². The van der Waals surface area contributed by atoms with Crippen LogP contribution in [0.15, 0.2) is 61.3 Å². The first-order chi connectivity index (χ1) is 13.7. The van der Waals surface area contributed by atoms with Crippen molar-refractivity contribution >= 4 is 39.4 Å². The number of aromatic nitrogens is 5. The highest BCUT2D eigenvalue weighted by atomic mass is 16.4. The van der Waals surface area contributed by atoms with Crippen molar-refractivity contribution in [1.29, 1.82) is 0 Å². The summed E-state index contributed by atoms with van der Waals surface area (Å²) in [6, 6.07) is 11.1. The van der Waals surface area contributed by atoms with Gasteiger partial charge in [-0.05, 0) is 24.3 Å². The zero-order chi connectivity index (χ0) is 19.1. The second-order valence-corrected chi connectivity index (χ2v) is 6.45. The SMILES string of the molecule is O=C(O)c1cc2c(NCCn3ccnc3)ccnc2n2c1nc1ccccc12. The third kappa shape index (κ3) is 2.54. The average Bonchev–Trinajstić information content (AvgIpc) is 3.35. The molecule has 5 aromatic rings. The lowest BCUT2D eigenvalue weighted by Gasteiger charge is -2.12. The maximum atomic E-state index is 11.9. The van der Waals surface area contributed by atoms with Crippen molar-refractivity contribution in [2.24, 2.45) is 0 Å². The van der Waals surface area contributed by atoms with Crippen LogP contribution in [0.3, 0.4) is 0 Å². The van der Waals surface area contributed by atoms with Crippen LogP contribution < -0.4 is 5.32 Å². The number of pyridine rings is 2. The van der Waals surface area contributed by atoms with E-state index in [4.69, 9.17) is 0 Å². The van der Waals surface area contributed by atoms with Gasteiger partial charge in [0.15, 0.2) is 5.65 Å². The molecule has 8 heteroatoms. The fraction of sp³-hybridized carbons (Fsp3) is 0.100. The first-order valence-corrected chi connectivity index (χ1v) is 8.84. The number of hydrogen-bond acceptors (Lipinski definition) is 5.